The zero-order valence-electron chi connectivity index (χ0n) is 16.8. The molecule has 1 aromatic heterocycles. The third-order valence-electron chi connectivity index (χ3n) is 4.12. The van der Waals surface area contributed by atoms with Gasteiger partial charge < -0.3 is 10.1 Å². The van der Waals surface area contributed by atoms with Gasteiger partial charge in [-0.2, -0.15) is 0 Å². The average molecular weight is 467 g/mol. The van der Waals surface area contributed by atoms with E-state index in [2.05, 4.69) is 15.6 Å². The van der Waals surface area contributed by atoms with Crippen molar-refractivity contribution in [1.29, 1.82) is 0 Å². The molecule has 0 aliphatic rings. The van der Waals surface area contributed by atoms with E-state index in [1.807, 2.05) is 0 Å². The highest BCUT2D eigenvalue weighted by Gasteiger charge is 2.31. The second kappa shape index (κ2) is 9.35. The fourth-order valence-corrected chi connectivity index (χ4v) is 3.23. The topological polar surface area (TPSA) is 80.3 Å². The summed E-state index contributed by atoms with van der Waals surface area (Å²) in [4.78, 5) is 28.7. The molecule has 6 nitrogen and oxygen atoms in total. The molecule has 0 atom stereocenters. The Morgan fingerprint density at radius 1 is 1.00 bits per heavy atom. The number of benzene rings is 2. The Kier molecular flexibility index (Phi) is 6.78. The minimum Gasteiger partial charge on any atom is -0.475 e. The molecule has 168 valence electrons. The minimum absolute atomic E-state index is 0.155. The van der Waals surface area contributed by atoms with Gasteiger partial charge in [-0.15, -0.1) is 11.3 Å². The van der Waals surface area contributed by atoms with Crippen LogP contribution in [0.4, 0.5) is 28.4 Å². The van der Waals surface area contributed by atoms with Crippen molar-refractivity contribution in [2.75, 3.05) is 10.6 Å². The van der Waals surface area contributed by atoms with Crippen LogP contribution in [-0.4, -0.2) is 22.4 Å². The molecule has 0 bridgehead atoms. The number of amides is 2. The molecule has 32 heavy (non-hydrogen) atoms. The van der Waals surface area contributed by atoms with Crippen LogP contribution in [0.1, 0.15) is 19.5 Å². The molecule has 0 spiro atoms. The summed E-state index contributed by atoms with van der Waals surface area (Å²) in [7, 11) is 0. The second-order valence-electron chi connectivity index (χ2n) is 7.13. The van der Waals surface area contributed by atoms with Crippen molar-refractivity contribution in [3.05, 3.63) is 70.7 Å². The summed E-state index contributed by atoms with van der Waals surface area (Å²) in [6.45, 7) is 2.79. The van der Waals surface area contributed by atoms with Gasteiger partial charge in [0.25, 0.3) is 5.91 Å². The first-order chi connectivity index (χ1) is 15.0. The van der Waals surface area contributed by atoms with Crippen LogP contribution in [0.15, 0.2) is 41.8 Å². The summed E-state index contributed by atoms with van der Waals surface area (Å²) in [5.74, 6) is -4.95. The summed E-state index contributed by atoms with van der Waals surface area (Å²) in [5.41, 5.74) is -1.40. The number of hydrogen-bond donors (Lipinski definition) is 2. The summed E-state index contributed by atoms with van der Waals surface area (Å²) in [6.07, 6.45) is -0.218. The van der Waals surface area contributed by atoms with E-state index in [9.17, 15) is 27.2 Å². The molecule has 0 saturated heterocycles. The van der Waals surface area contributed by atoms with Crippen molar-refractivity contribution in [3.63, 3.8) is 0 Å². The molecule has 2 amide bonds. The fourth-order valence-electron chi connectivity index (χ4n) is 2.52. The predicted molar refractivity (Wildman–Crippen MR) is 111 cm³/mol. The largest absolute Gasteiger partial charge is 0.475 e. The maximum absolute atomic E-state index is 13.8. The van der Waals surface area contributed by atoms with Crippen molar-refractivity contribution in [3.8, 4) is 5.75 Å². The normalized spacial score (nSPS) is 11.2. The first kappa shape index (κ1) is 23.2. The molecule has 2 N–H and O–H groups in total. The number of hydrogen-bond acceptors (Lipinski definition) is 5. The van der Waals surface area contributed by atoms with Gasteiger partial charge in [0.05, 0.1) is 17.8 Å². The van der Waals surface area contributed by atoms with E-state index in [1.54, 1.807) is 0 Å². The number of carbonyl (C=O) groups is 2. The quantitative estimate of drug-likeness (QED) is 0.495. The van der Waals surface area contributed by atoms with E-state index < -0.39 is 40.7 Å². The zero-order valence-corrected chi connectivity index (χ0v) is 17.7. The molecule has 0 radical (unpaired) electrons. The van der Waals surface area contributed by atoms with Crippen LogP contribution in [0.2, 0.25) is 0 Å². The molecule has 0 aliphatic carbocycles. The number of anilines is 2. The third-order valence-corrected chi connectivity index (χ3v) is 4.93. The van der Waals surface area contributed by atoms with Gasteiger partial charge in [-0.3, -0.25) is 14.9 Å². The molecule has 11 heteroatoms. The van der Waals surface area contributed by atoms with Crippen molar-refractivity contribution in [2.45, 2.75) is 25.9 Å². The lowest BCUT2D eigenvalue weighted by Gasteiger charge is -2.24. The Morgan fingerprint density at radius 2 is 1.66 bits per heavy atom. The van der Waals surface area contributed by atoms with Gasteiger partial charge in [0.1, 0.15) is 17.5 Å². The van der Waals surface area contributed by atoms with Gasteiger partial charge in [0.15, 0.2) is 22.3 Å². The molecular formula is C21H17F4N3O3S. The maximum Gasteiger partial charge on any atom is 0.269 e. The molecular weight excluding hydrogens is 450 g/mol. The molecule has 2 aromatic carbocycles. The number of nitrogens with one attached hydrogen (secondary N) is 2. The Labute approximate surface area is 184 Å². The molecule has 0 fully saturated rings. The van der Waals surface area contributed by atoms with Gasteiger partial charge >= 0.3 is 0 Å². The second-order valence-corrected chi connectivity index (χ2v) is 7.99. The highest BCUT2D eigenvalue weighted by Crippen LogP contribution is 2.25. The summed E-state index contributed by atoms with van der Waals surface area (Å²) < 4.78 is 58.8. The Bertz CT molecular complexity index is 1170. The van der Waals surface area contributed by atoms with E-state index in [-0.39, 0.29) is 23.0 Å². The van der Waals surface area contributed by atoms with Gasteiger partial charge in [-0.05, 0) is 38.1 Å². The number of ether oxygens (including phenoxy) is 1. The molecule has 0 saturated carbocycles. The lowest BCUT2D eigenvalue weighted by molar-refractivity contribution is -0.128. The van der Waals surface area contributed by atoms with Crippen molar-refractivity contribution in [2.24, 2.45) is 0 Å². The van der Waals surface area contributed by atoms with E-state index in [4.69, 9.17) is 4.74 Å². The van der Waals surface area contributed by atoms with Crippen molar-refractivity contribution < 1.29 is 31.9 Å². The van der Waals surface area contributed by atoms with E-state index in [1.165, 1.54) is 19.2 Å². The lowest BCUT2D eigenvalue weighted by atomic mass is 10.1. The third kappa shape index (κ3) is 5.82. The Morgan fingerprint density at radius 3 is 2.31 bits per heavy atom. The molecule has 0 aliphatic heterocycles. The van der Waals surface area contributed by atoms with Gasteiger partial charge in [-0.1, -0.05) is 0 Å². The van der Waals surface area contributed by atoms with E-state index in [0.717, 1.165) is 35.6 Å². The van der Waals surface area contributed by atoms with Crippen molar-refractivity contribution in [1.82, 2.24) is 4.98 Å². The number of halogens is 4. The average Bonchev–Trinajstić information content (AvgIpc) is 3.13. The first-order valence-electron chi connectivity index (χ1n) is 9.18. The number of aromatic nitrogens is 1. The Balaban J connectivity index is 1.59. The number of nitrogens with zero attached hydrogens (tertiary/aromatic N) is 1. The fraction of sp³-hybridized carbons (Fsp3) is 0.190. The number of carbonyl (C=O) groups excluding carboxylic acids is 2. The Hall–Kier alpha value is -3.47. The molecule has 3 aromatic rings. The van der Waals surface area contributed by atoms with Crippen LogP contribution >= 0.6 is 11.3 Å². The summed E-state index contributed by atoms with van der Waals surface area (Å²) in [5, 5.41) is 6.49. The summed E-state index contributed by atoms with van der Waals surface area (Å²) >= 11 is 1.03. The van der Waals surface area contributed by atoms with E-state index in [0.29, 0.717) is 17.8 Å². The SMILES string of the molecule is CC(C)(Oc1ccc(F)cc1F)C(=O)Nc1nc(CC(=O)Nc2ccc(F)cc2F)cs1. The minimum atomic E-state index is -1.53. The molecule has 3 rings (SSSR count). The van der Waals surface area contributed by atoms with Crippen LogP contribution in [0.5, 0.6) is 5.75 Å². The maximum atomic E-state index is 13.8. The summed E-state index contributed by atoms with van der Waals surface area (Å²) in [6, 6.07) is 5.47. The smallest absolute Gasteiger partial charge is 0.269 e. The van der Waals surface area contributed by atoms with Gasteiger partial charge in [-0.25, -0.2) is 22.5 Å². The first-order valence-corrected chi connectivity index (χ1v) is 10.1. The van der Waals surface area contributed by atoms with Crippen LogP contribution in [-0.2, 0) is 16.0 Å². The number of thiazole rings is 1. The highest BCUT2D eigenvalue weighted by molar-refractivity contribution is 7.14. The lowest BCUT2D eigenvalue weighted by Crippen LogP contribution is -2.42. The van der Waals surface area contributed by atoms with Crippen LogP contribution in [0.25, 0.3) is 0 Å². The van der Waals surface area contributed by atoms with Crippen LogP contribution < -0.4 is 15.4 Å². The zero-order chi connectivity index (χ0) is 23.5. The predicted octanol–water partition coefficient (Wildman–Crippen LogP) is 4.68. The monoisotopic (exact) mass is 467 g/mol. The van der Waals surface area contributed by atoms with Gasteiger partial charge in [0, 0.05) is 17.5 Å². The number of rotatable bonds is 7. The van der Waals surface area contributed by atoms with Gasteiger partial charge in [0.2, 0.25) is 5.91 Å². The standard InChI is InChI=1S/C21H17F4N3O3S/c1-21(2,31-17-6-4-12(23)8-15(17)25)19(30)28-20-26-13(10-32-20)9-18(29)27-16-5-3-11(22)7-14(16)24/h3-8,10H,9H2,1-2H3,(H,27,29)(H,26,28,30). The molecule has 0 unspecified atom stereocenters. The van der Waals surface area contributed by atoms with E-state index >= 15 is 0 Å². The van der Waals surface area contributed by atoms with Crippen molar-refractivity contribution >= 4 is 34.0 Å². The highest BCUT2D eigenvalue weighted by atomic mass is 32.1. The van der Waals surface area contributed by atoms with Crippen LogP contribution in [0.3, 0.4) is 0 Å². The van der Waals surface area contributed by atoms with Crippen LogP contribution in [0, 0.1) is 23.3 Å². The molecule has 1 heterocycles.